The predicted octanol–water partition coefficient (Wildman–Crippen LogP) is 0.930. The summed E-state index contributed by atoms with van der Waals surface area (Å²) in [5.41, 5.74) is 8.04. The van der Waals surface area contributed by atoms with Crippen LogP contribution in [0.15, 0.2) is 18.2 Å². The van der Waals surface area contributed by atoms with E-state index in [9.17, 15) is 13.2 Å². The number of carbonyl (C=O) groups excluding carboxylic acids is 1. The van der Waals surface area contributed by atoms with E-state index in [0.29, 0.717) is 24.3 Å². The molecule has 0 bridgehead atoms. The maximum atomic E-state index is 11.9. The first-order valence-electron chi connectivity index (χ1n) is 6.87. The van der Waals surface area contributed by atoms with Crippen molar-refractivity contribution >= 4 is 27.3 Å². The standard InChI is InChI=1S/C14H21N3O3S/c1-9(2)13(15)14(18)16-11-4-5-12-10(8-11)6-7-17(12)21(3,19)20/h4-5,8-9,13H,6-7,15H2,1-3H3,(H,16,18)/t13-/m0/s1. The molecule has 1 atom stereocenters. The predicted molar refractivity (Wildman–Crippen MR) is 83.8 cm³/mol. The van der Waals surface area contributed by atoms with E-state index >= 15 is 0 Å². The third-order valence-electron chi connectivity index (χ3n) is 3.62. The van der Waals surface area contributed by atoms with Crippen LogP contribution in [0.2, 0.25) is 0 Å². The van der Waals surface area contributed by atoms with Crippen LogP contribution in [0.4, 0.5) is 11.4 Å². The zero-order chi connectivity index (χ0) is 15.8. The number of nitrogens with two attached hydrogens (primary N) is 1. The van der Waals surface area contributed by atoms with Crippen LogP contribution >= 0.6 is 0 Å². The number of nitrogens with zero attached hydrogens (tertiary/aromatic N) is 1. The van der Waals surface area contributed by atoms with Gasteiger partial charge in [-0.2, -0.15) is 0 Å². The molecule has 0 unspecified atom stereocenters. The van der Waals surface area contributed by atoms with Gasteiger partial charge < -0.3 is 11.1 Å². The first-order valence-corrected chi connectivity index (χ1v) is 8.72. The third-order valence-corrected chi connectivity index (χ3v) is 4.80. The summed E-state index contributed by atoms with van der Waals surface area (Å²) in [5, 5.41) is 2.77. The fraction of sp³-hybridized carbons (Fsp3) is 0.500. The molecule has 1 heterocycles. The molecule has 116 valence electrons. The second kappa shape index (κ2) is 5.65. The van der Waals surface area contributed by atoms with Gasteiger partial charge in [-0.25, -0.2) is 8.42 Å². The van der Waals surface area contributed by atoms with Gasteiger partial charge in [0.05, 0.1) is 18.0 Å². The first kappa shape index (κ1) is 15.8. The zero-order valence-corrected chi connectivity index (χ0v) is 13.3. The molecule has 0 saturated carbocycles. The van der Waals surface area contributed by atoms with Crippen molar-refractivity contribution in [2.45, 2.75) is 26.3 Å². The lowest BCUT2D eigenvalue weighted by molar-refractivity contribution is -0.118. The average Bonchev–Trinajstić information content (AvgIpc) is 2.80. The highest BCUT2D eigenvalue weighted by Gasteiger charge is 2.26. The Bertz CT molecular complexity index is 655. The lowest BCUT2D eigenvalue weighted by Crippen LogP contribution is -2.39. The lowest BCUT2D eigenvalue weighted by Gasteiger charge is -2.18. The number of nitrogens with one attached hydrogen (secondary N) is 1. The van der Waals surface area contributed by atoms with Gasteiger partial charge in [0.2, 0.25) is 15.9 Å². The minimum absolute atomic E-state index is 0.0557. The van der Waals surface area contributed by atoms with E-state index in [2.05, 4.69) is 5.32 Å². The van der Waals surface area contributed by atoms with Gasteiger partial charge in [-0.15, -0.1) is 0 Å². The van der Waals surface area contributed by atoms with Gasteiger partial charge in [0.1, 0.15) is 0 Å². The minimum Gasteiger partial charge on any atom is -0.325 e. The Labute approximate surface area is 125 Å². The van der Waals surface area contributed by atoms with Gasteiger partial charge >= 0.3 is 0 Å². The van der Waals surface area contributed by atoms with E-state index in [1.807, 2.05) is 19.9 Å². The molecule has 0 spiro atoms. The summed E-state index contributed by atoms with van der Waals surface area (Å²) < 4.78 is 24.7. The Hall–Kier alpha value is -1.60. The van der Waals surface area contributed by atoms with Crippen LogP contribution in [0.3, 0.4) is 0 Å². The molecule has 0 radical (unpaired) electrons. The number of amides is 1. The molecule has 0 aromatic heterocycles. The van der Waals surface area contributed by atoms with Gasteiger partial charge in [0.25, 0.3) is 0 Å². The second-order valence-electron chi connectivity index (χ2n) is 5.69. The van der Waals surface area contributed by atoms with Crippen molar-refractivity contribution in [1.29, 1.82) is 0 Å². The van der Waals surface area contributed by atoms with Crippen molar-refractivity contribution in [3.63, 3.8) is 0 Å². The SMILES string of the molecule is CC(C)[C@H](N)C(=O)Nc1ccc2c(c1)CCN2S(C)(=O)=O. The Kier molecular flexibility index (Phi) is 4.25. The summed E-state index contributed by atoms with van der Waals surface area (Å²) in [6.45, 7) is 4.21. The maximum Gasteiger partial charge on any atom is 0.241 e. The summed E-state index contributed by atoms with van der Waals surface area (Å²) in [7, 11) is -3.25. The molecular formula is C14H21N3O3S. The number of rotatable bonds is 4. The third kappa shape index (κ3) is 3.36. The molecule has 3 N–H and O–H groups in total. The van der Waals surface area contributed by atoms with Crippen molar-refractivity contribution in [2.24, 2.45) is 11.7 Å². The number of carbonyl (C=O) groups is 1. The molecule has 1 aromatic rings. The van der Waals surface area contributed by atoms with Crippen LogP contribution in [-0.4, -0.2) is 33.2 Å². The summed E-state index contributed by atoms with van der Waals surface area (Å²) in [6.07, 6.45) is 1.84. The van der Waals surface area contributed by atoms with Crippen LogP contribution < -0.4 is 15.4 Å². The van der Waals surface area contributed by atoms with E-state index < -0.39 is 16.1 Å². The van der Waals surface area contributed by atoms with Crippen LogP contribution in [0.5, 0.6) is 0 Å². The molecule has 7 heteroatoms. The van der Waals surface area contributed by atoms with Gasteiger partial charge in [0.15, 0.2) is 0 Å². The van der Waals surface area contributed by atoms with Crippen molar-refractivity contribution in [3.05, 3.63) is 23.8 Å². The maximum absolute atomic E-state index is 11.9. The van der Waals surface area contributed by atoms with E-state index in [1.165, 1.54) is 10.6 Å². The molecule has 1 aromatic carbocycles. The Balaban J connectivity index is 2.19. The number of anilines is 2. The normalized spacial score (nSPS) is 16.0. The smallest absolute Gasteiger partial charge is 0.241 e. The summed E-state index contributed by atoms with van der Waals surface area (Å²) in [6, 6.07) is 4.67. The van der Waals surface area contributed by atoms with Crippen LogP contribution in [0, 0.1) is 5.92 Å². The summed E-state index contributed by atoms with van der Waals surface area (Å²) in [5.74, 6) is -0.178. The molecule has 1 amide bonds. The summed E-state index contributed by atoms with van der Waals surface area (Å²) in [4.78, 5) is 11.9. The van der Waals surface area contributed by atoms with Gasteiger partial charge in [-0.1, -0.05) is 13.8 Å². The lowest BCUT2D eigenvalue weighted by atomic mass is 10.0. The molecule has 1 aliphatic heterocycles. The van der Waals surface area contributed by atoms with Gasteiger partial charge in [-0.3, -0.25) is 9.10 Å². The number of fused-ring (bicyclic) bond motifs is 1. The Morgan fingerprint density at radius 1 is 1.38 bits per heavy atom. The number of benzene rings is 1. The van der Waals surface area contributed by atoms with Crippen molar-refractivity contribution in [3.8, 4) is 0 Å². The monoisotopic (exact) mass is 311 g/mol. The van der Waals surface area contributed by atoms with Crippen molar-refractivity contribution in [1.82, 2.24) is 0 Å². The molecule has 6 nitrogen and oxygen atoms in total. The Morgan fingerprint density at radius 2 is 2.05 bits per heavy atom. The quantitative estimate of drug-likeness (QED) is 0.865. The largest absolute Gasteiger partial charge is 0.325 e. The van der Waals surface area contributed by atoms with E-state index in [-0.39, 0.29) is 11.8 Å². The highest BCUT2D eigenvalue weighted by Crippen LogP contribution is 2.32. The minimum atomic E-state index is -3.25. The molecule has 2 rings (SSSR count). The molecule has 1 aliphatic rings. The van der Waals surface area contributed by atoms with Gasteiger partial charge in [-0.05, 0) is 36.1 Å². The van der Waals surface area contributed by atoms with Crippen molar-refractivity contribution < 1.29 is 13.2 Å². The fourth-order valence-corrected chi connectivity index (χ4v) is 3.28. The zero-order valence-electron chi connectivity index (χ0n) is 12.5. The van der Waals surface area contributed by atoms with Crippen LogP contribution in [0.1, 0.15) is 19.4 Å². The second-order valence-corrected chi connectivity index (χ2v) is 7.59. The Morgan fingerprint density at radius 3 is 2.62 bits per heavy atom. The number of sulfonamides is 1. The van der Waals surface area contributed by atoms with Gasteiger partial charge in [0, 0.05) is 12.2 Å². The molecular weight excluding hydrogens is 290 g/mol. The highest BCUT2D eigenvalue weighted by atomic mass is 32.2. The first-order chi connectivity index (χ1) is 9.70. The number of hydrogen-bond acceptors (Lipinski definition) is 4. The van der Waals surface area contributed by atoms with Crippen LogP contribution in [0.25, 0.3) is 0 Å². The van der Waals surface area contributed by atoms with Crippen molar-refractivity contribution in [2.75, 3.05) is 22.4 Å². The average molecular weight is 311 g/mol. The van der Waals surface area contributed by atoms with E-state index in [4.69, 9.17) is 5.73 Å². The van der Waals surface area contributed by atoms with E-state index in [1.54, 1.807) is 12.1 Å². The molecule has 21 heavy (non-hydrogen) atoms. The summed E-state index contributed by atoms with van der Waals surface area (Å²) >= 11 is 0. The molecule has 0 fully saturated rings. The molecule has 0 saturated heterocycles. The topological polar surface area (TPSA) is 92.5 Å². The fourth-order valence-electron chi connectivity index (χ4n) is 2.32. The van der Waals surface area contributed by atoms with Crippen LogP contribution in [-0.2, 0) is 21.2 Å². The number of hydrogen-bond donors (Lipinski definition) is 2. The molecule has 0 aliphatic carbocycles. The van der Waals surface area contributed by atoms with E-state index in [0.717, 1.165) is 5.56 Å². The highest BCUT2D eigenvalue weighted by molar-refractivity contribution is 7.92.